The molecule has 0 radical (unpaired) electrons. The molecule has 0 aliphatic carbocycles. The highest BCUT2D eigenvalue weighted by Crippen LogP contribution is 2.24. The average molecular weight is 499 g/mol. The van der Waals surface area contributed by atoms with Crippen molar-refractivity contribution in [2.45, 2.75) is 25.7 Å². The number of Topliss-reactive ketones (excluding diaryl/α,β-unsaturated/α-hetero) is 1. The Hall–Kier alpha value is -3.47. The molecular weight excluding hydrogens is 468 g/mol. The molecule has 0 saturated carbocycles. The van der Waals surface area contributed by atoms with E-state index in [0.29, 0.717) is 23.5 Å². The number of carbonyl (C=O) groups is 2. The van der Waals surface area contributed by atoms with Crippen molar-refractivity contribution in [1.29, 1.82) is 0 Å². The second kappa shape index (κ2) is 10.9. The molecule has 0 fully saturated rings. The van der Waals surface area contributed by atoms with Crippen molar-refractivity contribution in [3.8, 4) is 11.4 Å². The van der Waals surface area contributed by atoms with E-state index in [1.54, 1.807) is 41.3 Å². The van der Waals surface area contributed by atoms with Crippen LogP contribution in [-0.2, 0) is 14.8 Å². The highest BCUT2D eigenvalue weighted by Gasteiger charge is 2.20. The smallest absolute Gasteiger partial charge is 0.238 e. The van der Waals surface area contributed by atoms with Gasteiger partial charge in [0.05, 0.1) is 30.8 Å². The van der Waals surface area contributed by atoms with Crippen molar-refractivity contribution in [2.75, 3.05) is 32.1 Å². The maximum atomic E-state index is 13.2. The van der Waals surface area contributed by atoms with Crippen LogP contribution in [0.2, 0.25) is 0 Å². The van der Waals surface area contributed by atoms with Crippen LogP contribution in [0.5, 0.6) is 5.75 Å². The molecule has 1 heterocycles. The number of rotatable bonds is 10. The minimum absolute atomic E-state index is 0.0185. The molecular formula is C25H30N4O5S. The van der Waals surface area contributed by atoms with Gasteiger partial charge in [-0.15, -0.1) is 0 Å². The highest BCUT2D eigenvalue weighted by molar-refractivity contribution is 7.89. The van der Waals surface area contributed by atoms with E-state index in [2.05, 4.69) is 5.32 Å². The van der Waals surface area contributed by atoms with Gasteiger partial charge in [0.15, 0.2) is 5.78 Å². The molecule has 3 rings (SSSR count). The number of methoxy groups -OCH3 is 1. The van der Waals surface area contributed by atoms with Crippen LogP contribution in [0.1, 0.15) is 28.7 Å². The van der Waals surface area contributed by atoms with Gasteiger partial charge in [0, 0.05) is 22.6 Å². The van der Waals surface area contributed by atoms with Crippen LogP contribution in [0.25, 0.3) is 5.69 Å². The van der Waals surface area contributed by atoms with E-state index < -0.39 is 10.0 Å². The molecule has 0 aliphatic rings. The largest absolute Gasteiger partial charge is 0.495 e. The zero-order chi connectivity index (χ0) is 25.8. The summed E-state index contributed by atoms with van der Waals surface area (Å²) in [6, 6.07) is 15.1. The fourth-order valence-corrected chi connectivity index (χ4v) is 4.45. The summed E-state index contributed by atoms with van der Waals surface area (Å²) in [6.07, 6.45) is 0. The van der Waals surface area contributed by atoms with Crippen LogP contribution in [-0.4, -0.2) is 56.3 Å². The van der Waals surface area contributed by atoms with Gasteiger partial charge in [0.2, 0.25) is 15.9 Å². The molecule has 0 bridgehead atoms. The molecule has 1 aromatic heterocycles. The molecule has 0 aliphatic heterocycles. The van der Waals surface area contributed by atoms with E-state index in [1.165, 1.54) is 19.2 Å². The van der Waals surface area contributed by atoms with Crippen molar-refractivity contribution in [1.82, 2.24) is 9.47 Å². The van der Waals surface area contributed by atoms with E-state index in [9.17, 15) is 18.0 Å². The van der Waals surface area contributed by atoms with Crippen LogP contribution >= 0.6 is 0 Å². The monoisotopic (exact) mass is 498 g/mol. The molecule has 35 heavy (non-hydrogen) atoms. The number of carbonyl (C=O) groups excluding carboxylic acids is 2. The van der Waals surface area contributed by atoms with E-state index >= 15 is 0 Å². The SMILES string of the molecule is CCN(CC(=O)Nc1ccccc1OC)CC(=O)c1cc(C)n(-c2ccc(S(N)(=O)=O)cc2)c1C. The zero-order valence-electron chi connectivity index (χ0n) is 20.2. The summed E-state index contributed by atoms with van der Waals surface area (Å²) in [6.45, 7) is 6.23. The molecule has 3 N–H and O–H groups in total. The molecule has 0 unspecified atom stereocenters. The Morgan fingerprint density at radius 1 is 1.06 bits per heavy atom. The van der Waals surface area contributed by atoms with Gasteiger partial charge in [-0.05, 0) is 62.9 Å². The molecule has 9 nitrogen and oxygen atoms in total. The summed E-state index contributed by atoms with van der Waals surface area (Å²) in [5.74, 6) is 0.200. The fourth-order valence-electron chi connectivity index (χ4n) is 3.94. The summed E-state index contributed by atoms with van der Waals surface area (Å²) in [5, 5.41) is 8.01. The first-order valence-corrected chi connectivity index (χ1v) is 12.6. The second-order valence-electron chi connectivity index (χ2n) is 8.13. The fraction of sp³-hybridized carbons (Fsp3) is 0.280. The Labute approximate surface area is 205 Å². The van der Waals surface area contributed by atoms with Crippen LogP contribution in [0.3, 0.4) is 0 Å². The topological polar surface area (TPSA) is 124 Å². The molecule has 2 aromatic carbocycles. The number of amides is 1. The van der Waals surface area contributed by atoms with E-state index in [4.69, 9.17) is 9.88 Å². The number of sulfonamides is 1. The number of aryl methyl sites for hydroxylation is 1. The number of anilines is 1. The van der Waals surface area contributed by atoms with Crippen molar-refractivity contribution in [3.05, 3.63) is 71.5 Å². The predicted molar refractivity (Wildman–Crippen MR) is 135 cm³/mol. The van der Waals surface area contributed by atoms with Gasteiger partial charge in [0.1, 0.15) is 5.75 Å². The Balaban J connectivity index is 1.73. The molecule has 186 valence electrons. The third kappa shape index (κ3) is 6.16. The summed E-state index contributed by atoms with van der Waals surface area (Å²) in [5.41, 5.74) is 3.38. The molecule has 1 amide bonds. The van der Waals surface area contributed by atoms with Gasteiger partial charge >= 0.3 is 0 Å². The predicted octanol–water partition coefficient (Wildman–Crippen LogP) is 2.89. The van der Waals surface area contributed by atoms with Crippen LogP contribution in [0.15, 0.2) is 59.5 Å². The zero-order valence-corrected chi connectivity index (χ0v) is 21.1. The number of nitrogens with two attached hydrogens (primary N) is 1. The number of primary sulfonamides is 1. The van der Waals surface area contributed by atoms with Gasteiger partial charge in [-0.25, -0.2) is 13.6 Å². The molecule has 3 aromatic rings. The van der Waals surface area contributed by atoms with E-state index in [-0.39, 0.29) is 29.7 Å². The maximum Gasteiger partial charge on any atom is 0.238 e. The van der Waals surface area contributed by atoms with Crippen molar-refractivity contribution >= 4 is 27.4 Å². The second-order valence-corrected chi connectivity index (χ2v) is 9.70. The summed E-state index contributed by atoms with van der Waals surface area (Å²) in [7, 11) is -2.25. The third-order valence-corrected chi connectivity index (χ3v) is 6.65. The van der Waals surface area contributed by atoms with Gasteiger partial charge in [-0.3, -0.25) is 14.5 Å². The lowest BCUT2D eigenvalue weighted by molar-refractivity contribution is -0.117. The number of ether oxygens (including phenoxy) is 1. The van der Waals surface area contributed by atoms with Crippen molar-refractivity contribution in [2.24, 2.45) is 5.14 Å². The summed E-state index contributed by atoms with van der Waals surface area (Å²) in [4.78, 5) is 27.5. The first kappa shape index (κ1) is 26.1. The standard InChI is InChI=1S/C25H30N4O5S/c1-5-28(16-25(31)27-22-8-6-7-9-24(22)34-4)15-23(30)21-14-17(2)29(18(21)3)19-10-12-20(13-11-19)35(26,32)33/h6-14H,5,15-16H2,1-4H3,(H,27,31)(H2,26,32,33). The Morgan fingerprint density at radius 3 is 2.31 bits per heavy atom. The van der Waals surface area contributed by atoms with E-state index in [1.807, 2.05) is 31.4 Å². The number of hydrogen-bond donors (Lipinski definition) is 2. The number of aromatic nitrogens is 1. The Morgan fingerprint density at radius 2 is 1.71 bits per heavy atom. The van der Waals surface area contributed by atoms with Crippen LogP contribution in [0, 0.1) is 13.8 Å². The number of hydrogen-bond acceptors (Lipinski definition) is 6. The van der Waals surface area contributed by atoms with Gasteiger partial charge in [-0.2, -0.15) is 0 Å². The third-order valence-electron chi connectivity index (χ3n) is 5.72. The van der Waals surface area contributed by atoms with Crippen molar-refractivity contribution < 1.29 is 22.7 Å². The van der Waals surface area contributed by atoms with Crippen molar-refractivity contribution in [3.63, 3.8) is 0 Å². The first-order chi connectivity index (χ1) is 16.5. The van der Waals surface area contributed by atoms with Crippen LogP contribution < -0.4 is 15.2 Å². The lowest BCUT2D eigenvalue weighted by Crippen LogP contribution is -2.37. The van der Waals surface area contributed by atoms with Gasteiger partial charge < -0.3 is 14.6 Å². The van der Waals surface area contributed by atoms with Crippen LogP contribution in [0.4, 0.5) is 5.69 Å². The molecule has 0 saturated heterocycles. The number of nitrogens with one attached hydrogen (secondary N) is 1. The highest BCUT2D eigenvalue weighted by atomic mass is 32.2. The number of ketones is 1. The minimum atomic E-state index is -3.79. The Bertz CT molecular complexity index is 1330. The lowest BCUT2D eigenvalue weighted by atomic mass is 10.1. The number of benzene rings is 2. The molecule has 0 atom stereocenters. The number of nitrogens with zero attached hydrogens (tertiary/aromatic N) is 2. The molecule has 10 heteroatoms. The minimum Gasteiger partial charge on any atom is -0.495 e. The van der Waals surface area contributed by atoms with Gasteiger partial charge in [0.25, 0.3) is 0 Å². The van der Waals surface area contributed by atoms with E-state index in [0.717, 1.165) is 17.1 Å². The molecule has 0 spiro atoms. The quantitative estimate of drug-likeness (QED) is 0.414. The first-order valence-electron chi connectivity index (χ1n) is 11.1. The Kier molecular flexibility index (Phi) is 8.11. The normalized spacial score (nSPS) is 11.5. The lowest BCUT2D eigenvalue weighted by Gasteiger charge is -2.19. The summed E-state index contributed by atoms with van der Waals surface area (Å²) >= 11 is 0. The number of para-hydroxylation sites is 2. The maximum absolute atomic E-state index is 13.2. The average Bonchev–Trinajstić information content (AvgIpc) is 3.12. The number of likely N-dealkylation sites (N-methyl/N-ethyl adjacent to an activating group) is 1. The summed E-state index contributed by atoms with van der Waals surface area (Å²) < 4.78 is 30.2. The van der Waals surface area contributed by atoms with Gasteiger partial charge in [-0.1, -0.05) is 19.1 Å².